The van der Waals surface area contributed by atoms with Crippen molar-refractivity contribution >= 4 is 34.8 Å². The SMILES string of the molecule is O=C1NC(=NC(=O)c2ccccc2)S/C1=C/c1ccccc1O. The van der Waals surface area contributed by atoms with Gasteiger partial charge in [-0.3, -0.25) is 9.59 Å². The van der Waals surface area contributed by atoms with Gasteiger partial charge in [0.15, 0.2) is 5.17 Å². The molecular formula is C17H12N2O3S. The summed E-state index contributed by atoms with van der Waals surface area (Å²) in [6.07, 6.45) is 1.56. The zero-order valence-corrected chi connectivity index (χ0v) is 12.7. The monoisotopic (exact) mass is 324 g/mol. The van der Waals surface area contributed by atoms with E-state index in [-0.39, 0.29) is 16.8 Å². The Bertz CT molecular complexity index is 829. The Kier molecular flexibility index (Phi) is 4.25. The minimum atomic E-state index is -0.419. The molecule has 114 valence electrons. The first-order chi connectivity index (χ1) is 11.1. The zero-order chi connectivity index (χ0) is 16.2. The summed E-state index contributed by atoms with van der Waals surface area (Å²) in [5.74, 6) is -0.686. The van der Waals surface area contributed by atoms with Gasteiger partial charge in [0.1, 0.15) is 5.75 Å². The number of para-hydroxylation sites is 1. The Morgan fingerprint density at radius 2 is 1.78 bits per heavy atom. The molecule has 0 radical (unpaired) electrons. The molecule has 1 aliphatic rings. The van der Waals surface area contributed by atoms with E-state index in [1.165, 1.54) is 6.07 Å². The number of rotatable bonds is 2. The van der Waals surface area contributed by atoms with Crippen molar-refractivity contribution in [1.82, 2.24) is 5.32 Å². The van der Waals surface area contributed by atoms with Gasteiger partial charge in [-0.1, -0.05) is 36.4 Å². The van der Waals surface area contributed by atoms with E-state index >= 15 is 0 Å². The van der Waals surface area contributed by atoms with E-state index in [9.17, 15) is 14.7 Å². The molecule has 0 spiro atoms. The number of phenolic OH excluding ortho intramolecular Hbond substituents is 1. The molecule has 1 saturated heterocycles. The predicted octanol–water partition coefficient (Wildman–Crippen LogP) is 2.79. The smallest absolute Gasteiger partial charge is 0.279 e. The topological polar surface area (TPSA) is 78.8 Å². The van der Waals surface area contributed by atoms with Crippen LogP contribution in [0.5, 0.6) is 5.75 Å². The minimum Gasteiger partial charge on any atom is -0.507 e. The summed E-state index contributed by atoms with van der Waals surface area (Å²) in [5.41, 5.74) is 0.980. The number of nitrogens with one attached hydrogen (secondary N) is 1. The minimum absolute atomic E-state index is 0.0825. The fraction of sp³-hybridized carbons (Fsp3) is 0. The molecule has 0 atom stereocenters. The average molecular weight is 324 g/mol. The molecule has 6 heteroatoms. The molecule has 3 rings (SSSR count). The van der Waals surface area contributed by atoms with Crippen molar-refractivity contribution in [3.8, 4) is 5.75 Å². The zero-order valence-electron chi connectivity index (χ0n) is 11.9. The van der Waals surface area contributed by atoms with Crippen LogP contribution in [-0.2, 0) is 4.79 Å². The molecule has 0 aliphatic carbocycles. The third-order valence-corrected chi connectivity index (χ3v) is 4.01. The fourth-order valence-corrected chi connectivity index (χ4v) is 2.78. The molecule has 2 amide bonds. The van der Waals surface area contributed by atoms with Gasteiger partial charge in [-0.25, -0.2) is 0 Å². The normalized spacial score (nSPS) is 17.5. The van der Waals surface area contributed by atoms with E-state index in [1.54, 1.807) is 48.5 Å². The molecular weight excluding hydrogens is 312 g/mol. The largest absolute Gasteiger partial charge is 0.507 e. The summed E-state index contributed by atoms with van der Waals surface area (Å²) in [6.45, 7) is 0. The van der Waals surface area contributed by atoms with Gasteiger partial charge >= 0.3 is 0 Å². The average Bonchev–Trinajstić information content (AvgIpc) is 2.90. The van der Waals surface area contributed by atoms with E-state index in [0.717, 1.165) is 11.8 Å². The first kappa shape index (κ1) is 15.1. The van der Waals surface area contributed by atoms with Crippen LogP contribution in [-0.4, -0.2) is 22.1 Å². The van der Waals surface area contributed by atoms with Crippen LogP contribution in [0, 0.1) is 0 Å². The standard InChI is InChI=1S/C17H12N2O3S/c20-13-9-5-4-8-12(13)10-14-16(22)19-17(23-14)18-15(21)11-6-2-1-3-7-11/h1-10,20H,(H,18,19,21,22)/b14-10+. The quantitative estimate of drug-likeness (QED) is 0.833. The number of carbonyl (C=O) groups excluding carboxylic acids is 2. The first-order valence-corrected chi connectivity index (χ1v) is 7.62. The Balaban J connectivity index is 1.81. The van der Waals surface area contributed by atoms with Crippen LogP contribution in [0.1, 0.15) is 15.9 Å². The molecule has 1 fully saturated rings. The molecule has 1 aliphatic heterocycles. The highest BCUT2D eigenvalue weighted by Gasteiger charge is 2.25. The van der Waals surface area contributed by atoms with Crippen molar-refractivity contribution in [3.63, 3.8) is 0 Å². The number of hydrogen-bond donors (Lipinski definition) is 2. The summed E-state index contributed by atoms with van der Waals surface area (Å²) < 4.78 is 0. The lowest BCUT2D eigenvalue weighted by Gasteiger charge is -1.98. The number of nitrogens with zero attached hydrogens (tertiary/aromatic N) is 1. The molecule has 2 aromatic carbocycles. The number of hydrogen-bond acceptors (Lipinski definition) is 4. The van der Waals surface area contributed by atoms with Crippen LogP contribution in [0.3, 0.4) is 0 Å². The van der Waals surface area contributed by atoms with Crippen molar-refractivity contribution in [1.29, 1.82) is 0 Å². The number of aliphatic imine (C=N–C) groups is 1. The van der Waals surface area contributed by atoms with Gasteiger partial charge < -0.3 is 10.4 Å². The Labute approximate surface area is 136 Å². The van der Waals surface area contributed by atoms with Crippen LogP contribution >= 0.6 is 11.8 Å². The number of aromatic hydroxyl groups is 1. The Hall–Kier alpha value is -2.86. The number of carbonyl (C=O) groups is 2. The van der Waals surface area contributed by atoms with Gasteiger partial charge in [0, 0.05) is 11.1 Å². The summed E-state index contributed by atoms with van der Waals surface area (Å²) in [6, 6.07) is 15.3. The van der Waals surface area contributed by atoms with Crippen molar-refractivity contribution in [2.75, 3.05) is 0 Å². The van der Waals surface area contributed by atoms with E-state index in [4.69, 9.17) is 0 Å². The Morgan fingerprint density at radius 3 is 2.52 bits per heavy atom. The lowest BCUT2D eigenvalue weighted by Crippen LogP contribution is -2.20. The van der Waals surface area contributed by atoms with Gasteiger partial charge in [0.2, 0.25) is 0 Å². The second-order valence-electron chi connectivity index (χ2n) is 4.71. The van der Waals surface area contributed by atoms with Crippen LogP contribution in [0.25, 0.3) is 6.08 Å². The fourth-order valence-electron chi connectivity index (χ4n) is 1.97. The molecule has 0 aromatic heterocycles. The highest BCUT2D eigenvalue weighted by Crippen LogP contribution is 2.28. The highest BCUT2D eigenvalue weighted by atomic mass is 32.2. The number of benzene rings is 2. The van der Waals surface area contributed by atoms with Gasteiger partial charge in [0.05, 0.1) is 4.91 Å². The molecule has 0 unspecified atom stereocenters. The van der Waals surface area contributed by atoms with Crippen molar-refractivity contribution < 1.29 is 14.7 Å². The summed E-state index contributed by atoms with van der Waals surface area (Å²) in [7, 11) is 0. The molecule has 2 aromatic rings. The summed E-state index contributed by atoms with van der Waals surface area (Å²) in [4.78, 5) is 28.2. The van der Waals surface area contributed by atoms with Crippen molar-refractivity contribution in [3.05, 3.63) is 70.6 Å². The van der Waals surface area contributed by atoms with Crippen LogP contribution < -0.4 is 5.32 Å². The van der Waals surface area contributed by atoms with Gasteiger partial charge in [-0.15, -0.1) is 0 Å². The molecule has 2 N–H and O–H groups in total. The Morgan fingerprint density at radius 1 is 1.09 bits per heavy atom. The summed E-state index contributed by atoms with van der Waals surface area (Å²) in [5, 5.41) is 12.5. The van der Waals surface area contributed by atoms with Crippen molar-refractivity contribution in [2.45, 2.75) is 0 Å². The van der Waals surface area contributed by atoms with Crippen LogP contribution in [0.2, 0.25) is 0 Å². The van der Waals surface area contributed by atoms with E-state index in [2.05, 4.69) is 10.3 Å². The van der Waals surface area contributed by atoms with Crippen molar-refractivity contribution in [2.24, 2.45) is 4.99 Å². The van der Waals surface area contributed by atoms with E-state index < -0.39 is 5.91 Å². The maximum absolute atomic E-state index is 12.0. The second-order valence-corrected chi connectivity index (χ2v) is 5.74. The number of phenols is 1. The lowest BCUT2D eigenvalue weighted by atomic mass is 10.2. The van der Waals surface area contributed by atoms with Crippen LogP contribution in [0.15, 0.2) is 64.5 Å². The molecule has 1 heterocycles. The van der Waals surface area contributed by atoms with E-state index in [1.807, 2.05) is 6.07 Å². The predicted molar refractivity (Wildman–Crippen MR) is 90.0 cm³/mol. The number of thioether (sulfide) groups is 1. The third-order valence-electron chi connectivity index (χ3n) is 3.10. The maximum Gasteiger partial charge on any atom is 0.279 e. The molecule has 0 bridgehead atoms. The third kappa shape index (κ3) is 3.49. The first-order valence-electron chi connectivity index (χ1n) is 6.80. The van der Waals surface area contributed by atoms with Gasteiger partial charge in [-0.2, -0.15) is 4.99 Å². The van der Waals surface area contributed by atoms with Gasteiger partial charge in [0.25, 0.3) is 11.8 Å². The number of amides is 2. The molecule has 23 heavy (non-hydrogen) atoms. The lowest BCUT2D eigenvalue weighted by molar-refractivity contribution is -0.115. The maximum atomic E-state index is 12.0. The molecule has 5 nitrogen and oxygen atoms in total. The van der Waals surface area contributed by atoms with Crippen LogP contribution in [0.4, 0.5) is 0 Å². The van der Waals surface area contributed by atoms with Gasteiger partial charge in [-0.05, 0) is 36.0 Å². The second kappa shape index (κ2) is 6.50. The molecule has 0 saturated carbocycles. The van der Waals surface area contributed by atoms with E-state index in [0.29, 0.717) is 16.0 Å². The highest BCUT2D eigenvalue weighted by molar-refractivity contribution is 8.18. The summed E-state index contributed by atoms with van der Waals surface area (Å²) >= 11 is 1.06. The number of amidine groups is 1.